The van der Waals surface area contributed by atoms with Gasteiger partial charge in [-0.15, -0.1) is 0 Å². The van der Waals surface area contributed by atoms with Crippen LogP contribution in [-0.4, -0.2) is 25.2 Å². The molecule has 0 saturated heterocycles. The summed E-state index contributed by atoms with van der Waals surface area (Å²) in [6.07, 6.45) is 0. The SMILES string of the molecule is Cc1ccc(S(=O)(=O)CC(=O)Nc2cccc(O)c2)cc1. The number of carbonyl (C=O) groups is 1. The van der Waals surface area contributed by atoms with Crippen LogP contribution in [0.3, 0.4) is 0 Å². The smallest absolute Gasteiger partial charge is 0.239 e. The van der Waals surface area contributed by atoms with Crippen LogP contribution in [0.25, 0.3) is 0 Å². The predicted octanol–water partition coefficient (Wildman–Crippen LogP) is 2.11. The molecule has 0 bridgehead atoms. The second-order valence-corrected chi connectivity index (χ2v) is 6.66. The monoisotopic (exact) mass is 305 g/mol. The number of nitrogens with one attached hydrogen (secondary N) is 1. The first kappa shape index (κ1) is 15.1. The number of benzene rings is 2. The molecule has 0 aliphatic heterocycles. The van der Waals surface area contributed by atoms with Crippen molar-refractivity contribution in [2.75, 3.05) is 11.1 Å². The topological polar surface area (TPSA) is 83.5 Å². The number of anilines is 1. The van der Waals surface area contributed by atoms with Crippen LogP contribution in [-0.2, 0) is 14.6 Å². The van der Waals surface area contributed by atoms with Crippen LogP contribution in [0.4, 0.5) is 5.69 Å². The Morgan fingerprint density at radius 1 is 1.14 bits per heavy atom. The highest BCUT2D eigenvalue weighted by Crippen LogP contribution is 2.16. The predicted molar refractivity (Wildman–Crippen MR) is 80.0 cm³/mol. The van der Waals surface area contributed by atoms with E-state index in [1.807, 2.05) is 6.92 Å². The number of aromatic hydroxyl groups is 1. The quantitative estimate of drug-likeness (QED) is 0.906. The Hall–Kier alpha value is -2.34. The van der Waals surface area contributed by atoms with Gasteiger partial charge in [-0.05, 0) is 31.2 Å². The minimum absolute atomic E-state index is 0.00538. The molecule has 2 aromatic carbocycles. The molecule has 0 fully saturated rings. The number of carbonyl (C=O) groups excluding carboxylic acids is 1. The minimum Gasteiger partial charge on any atom is -0.508 e. The van der Waals surface area contributed by atoms with Gasteiger partial charge >= 0.3 is 0 Å². The van der Waals surface area contributed by atoms with E-state index >= 15 is 0 Å². The second kappa shape index (κ2) is 5.97. The molecule has 5 nitrogen and oxygen atoms in total. The third-order valence-electron chi connectivity index (χ3n) is 2.83. The van der Waals surface area contributed by atoms with Crippen molar-refractivity contribution in [1.82, 2.24) is 0 Å². The van der Waals surface area contributed by atoms with Crippen LogP contribution in [0.1, 0.15) is 5.56 Å². The largest absolute Gasteiger partial charge is 0.508 e. The lowest BCUT2D eigenvalue weighted by Crippen LogP contribution is -2.23. The van der Waals surface area contributed by atoms with E-state index in [9.17, 15) is 18.3 Å². The van der Waals surface area contributed by atoms with Crippen LogP contribution in [0.15, 0.2) is 53.4 Å². The molecule has 0 heterocycles. The molecule has 21 heavy (non-hydrogen) atoms. The Bertz CT molecular complexity index is 751. The normalized spacial score (nSPS) is 11.1. The fourth-order valence-electron chi connectivity index (χ4n) is 1.78. The molecule has 0 aromatic heterocycles. The summed E-state index contributed by atoms with van der Waals surface area (Å²) in [5, 5.41) is 11.7. The molecule has 6 heteroatoms. The molecule has 0 saturated carbocycles. The molecular formula is C15H15NO4S. The van der Waals surface area contributed by atoms with Crippen molar-refractivity contribution >= 4 is 21.4 Å². The highest BCUT2D eigenvalue weighted by Gasteiger charge is 2.19. The number of sulfone groups is 1. The van der Waals surface area contributed by atoms with E-state index in [1.54, 1.807) is 24.3 Å². The summed E-state index contributed by atoms with van der Waals surface area (Å²) in [7, 11) is -3.68. The van der Waals surface area contributed by atoms with Crippen LogP contribution < -0.4 is 5.32 Å². The van der Waals surface area contributed by atoms with E-state index in [0.29, 0.717) is 5.69 Å². The molecule has 0 unspecified atom stereocenters. The van der Waals surface area contributed by atoms with Gasteiger partial charge in [0.2, 0.25) is 5.91 Å². The summed E-state index contributed by atoms with van der Waals surface area (Å²) in [5.74, 6) is -1.30. The first-order chi connectivity index (χ1) is 9.87. The molecule has 0 atom stereocenters. The molecule has 0 radical (unpaired) electrons. The van der Waals surface area contributed by atoms with Gasteiger partial charge in [0.15, 0.2) is 9.84 Å². The highest BCUT2D eigenvalue weighted by molar-refractivity contribution is 7.92. The van der Waals surface area contributed by atoms with Crippen molar-refractivity contribution in [2.24, 2.45) is 0 Å². The van der Waals surface area contributed by atoms with Crippen LogP contribution in [0.5, 0.6) is 5.75 Å². The van der Waals surface area contributed by atoms with E-state index in [2.05, 4.69) is 5.32 Å². The summed E-state index contributed by atoms with van der Waals surface area (Å²) >= 11 is 0. The zero-order chi connectivity index (χ0) is 15.5. The molecule has 110 valence electrons. The Labute approximate surface area is 123 Å². The molecule has 2 aromatic rings. The van der Waals surface area contributed by atoms with Gasteiger partial charge in [-0.1, -0.05) is 23.8 Å². The lowest BCUT2D eigenvalue weighted by molar-refractivity contribution is -0.113. The van der Waals surface area contributed by atoms with Gasteiger partial charge < -0.3 is 10.4 Å². The van der Waals surface area contributed by atoms with E-state index in [-0.39, 0.29) is 10.6 Å². The Kier molecular flexibility index (Phi) is 4.28. The van der Waals surface area contributed by atoms with Crippen molar-refractivity contribution in [3.63, 3.8) is 0 Å². The summed E-state index contributed by atoms with van der Waals surface area (Å²) < 4.78 is 24.2. The van der Waals surface area contributed by atoms with Gasteiger partial charge in [0.1, 0.15) is 11.5 Å². The minimum atomic E-state index is -3.68. The number of phenols is 1. The number of rotatable bonds is 4. The summed E-state index contributed by atoms with van der Waals surface area (Å²) in [6.45, 7) is 1.85. The lowest BCUT2D eigenvalue weighted by atomic mass is 10.2. The maximum absolute atomic E-state index is 12.1. The lowest BCUT2D eigenvalue weighted by Gasteiger charge is -2.07. The number of hydrogen-bond acceptors (Lipinski definition) is 4. The first-order valence-corrected chi connectivity index (χ1v) is 7.90. The highest BCUT2D eigenvalue weighted by atomic mass is 32.2. The molecular weight excluding hydrogens is 290 g/mol. The average Bonchev–Trinajstić information content (AvgIpc) is 2.38. The molecule has 2 N–H and O–H groups in total. The summed E-state index contributed by atoms with van der Waals surface area (Å²) in [4.78, 5) is 11.9. The molecule has 1 amide bonds. The molecule has 2 rings (SSSR count). The maximum Gasteiger partial charge on any atom is 0.239 e. The number of aryl methyl sites for hydroxylation is 1. The first-order valence-electron chi connectivity index (χ1n) is 6.25. The standard InChI is InChI=1S/C15H15NO4S/c1-11-5-7-14(8-6-11)21(19,20)10-15(18)16-12-3-2-4-13(17)9-12/h2-9,17H,10H2,1H3,(H,16,18). The average molecular weight is 305 g/mol. The van der Waals surface area contributed by atoms with Gasteiger partial charge in [-0.2, -0.15) is 0 Å². The van der Waals surface area contributed by atoms with Gasteiger partial charge in [0, 0.05) is 11.8 Å². The summed E-state index contributed by atoms with van der Waals surface area (Å²) in [6, 6.07) is 12.2. The van der Waals surface area contributed by atoms with Crippen molar-refractivity contribution in [2.45, 2.75) is 11.8 Å². The van der Waals surface area contributed by atoms with Crippen LogP contribution in [0.2, 0.25) is 0 Å². The number of hydrogen-bond donors (Lipinski definition) is 2. The third-order valence-corrected chi connectivity index (χ3v) is 4.46. The van der Waals surface area contributed by atoms with Crippen LogP contribution >= 0.6 is 0 Å². The Morgan fingerprint density at radius 2 is 1.81 bits per heavy atom. The fourth-order valence-corrected chi connectivity index (χ4v) is 2.92. The Morgan fingerprint density at radius 3 is 2.43 bits per heavy atom. The number of amides is 1. The van der Waals surface area contributed by atoms with Crippen molar-refractivity contribution in [3.8, 4) is 5.75 Å². The van der Waals surface area contributed by atoms with E-state index in [0.717, 1.165) is 5.56 Å². The Balaban J connectivity index is 2.09. The van der Waals surface area contributed by atoms with Crippen molar-refractivity contribution < 1.29 is 18.3 Å². The molecule has 0 aliphatic carbocycles. The van der Waals surface area contributed by atoms with Gasteiger partial charge in [-0.25, -0.2) is 8.42 Å². The molecule has 0 spiro atoms. The summed E-state index contributed by atoms with van der Waals surface area (Å²) in [5.41, 5.74) is 1.29. The van der Waals surface area contributed by atoms with E-state index in [1.165, 1.54) is 24.3 Å². The van der Waals surface area contributed by atoms with E-state index in [4.69, 9.17) is 0 Å². The van der Waals surface area contributed by atoms with Crippen molar-refractivity contribution in [1.29, 1.82) is 0 Å². The zero-order valence-electron chi connectivity index (χ0n) is 11.4. The molecule has 0 aliphatic rings. The van der Waals surface area contributed by atoms with Crippen molar-refractivity contribution in [3.05, 3.63) is 54.1 Å². The second-order valence-electron chi connectivity index (χ2n) is 4.67. The van der Waals surface area contributed by atoms with Crippen LogP contribution in [0, 0.1) is 6.92 Å². The van der Waals surface area contributed by atoms with Gasteiger partial charge in [-0.3, -0.25) is 4.79 Å². The zero-order valence-corrected chi connectivity index (χ0v) is 12.2. The third kappa shape index (κ3) is 4.06. The number of phenolic OH excluding ortho intramolecular Hbond substituents is 1. The fraction of sp³-hybridized carbons (Fsp3) is 0.133. The maximum atomic E-state index is 12.1. The van der Waals surface area contributed by atoms with E-state index < -0.39 is 21.5 Å². The van der Waals surface area contributed by atoms with Gasteiger partial charge in [0.05, 0.1) is 4.90 Å². The van der Waals surface area contributed by atoms with Gasteiger partial charge in [0.25, 0.3) is 0 Å².